The molecular weight excluding hydrogens is 341 g/mol. The summed E-state index contributed by atoms with van der Waals surface area (Å²) < 4.78 is 13.7. The van der Waals surface area contributed by atoms with Crippen LogP contribution in [0.25, 0.3) is 0 Å². The van der Waals surface area contributed by atoms with E-state index < -0.39 is 0 Å². The minimum Gasteiger partial charge on any atom is -0.399 e. The molecular formula is C19H23ClFN3O. The average Bonchev–Trinajstić information content (AvgIpc) is 2.57. The van der Waals surface area contributed by atoms with E-state index in [4.69, 9.17) is 5.73 Å². The minimum absolute atomic E-state index is 0. The zero-order valence-corrected chi connectivity index (χ0v) is 14.8. The van der Waals surface area contributed by atoms with E-state index in [0.717, 1.165) is 25.3 Å². The highest BCUT2D eigenvalue weighted by Crippen LogP contribution is 2.13. The van der Waals surface area contributed by atoms with Crippen molar-refractivity contribution in [2.24, 2.45) is 0 Å². The normalized spacial score (nSPS) is 14.8. The van der Waals surface area contributed by atoms with Gasteiger partial charge in [-0.15, -0.1) is 12.4 Å². The molecule has 0 bridgehead atoms. The molecule has 0 aliphatic carbocycles. The van der Waals surface area contributed by atoms with Gasteiger partial charge in [0.2, 0.25) is 5.91 Å². The van der Waals surface area contributed by atoms with Crippen molar-refractivity contribution >= 4 is 24.0 Å². The van der Waals surface area contributed by atoms with Crippen molar-refractivity contribution in [3.05, 3.63) is 65.5 Å². The van der Waals surface area contributed by atoms with E-state index in [0.29, 0.717) is 18.7 Å². The van der Waals surface area contributed by atoms with Crippen molar-refractivity contribution in [1.29, 1.82) is 0 Å². The molecule has 1 fully saturated rings. The van der Waals surface area contributed by atoms with Crippen LogP contribution in [0.2, 0.25) is 0 Å². The molecule has 3 rings (SSSR count). The van der Waals surface area contributed by atoms with Crippen LogP contribution in [0.1, 0.15) is 11.1 Å². The second kappa shape index (κ2) is 8.83. The number of hydrogen-bond donors (Lipinski definition) is 1. The highest BCUT2D eigenvalue weighted by molar-refractivity contribution is 5.85. The van der Waals surface area contributed by atoms with Crippen molar-refractivity contribution in [2.45, 2.75) is 13.0 Å². The molecule has 1 saturated heterocycles. The first-order chi connectivity index (χ1) is 11.6. The summed E-state index contributed by atoms with van der Waals surface area (Å²) in [4.78, 5) is 16.5. The van der Waals surface area contributed by atoms with Gasteiger partial charge in [-0.05, 0) is 29.3 Å². The molecule has 0 aromatic heterocycles. The fraction of sp³-hybridized carbons (Fsp3) is 0.316. The number of rotatable bonds is 4. The second-order valence-corrected chi connectivity index (χ2v) is 6.17. The van der Waals surface area contributed by atoms with Gasteiger partial charge >= 0.3 is 0 Å². The summed E-state index contributed by atoms with van der Waals surface area (Å²) in [6.45, 7) is 3.82. The Morgan fingerprint density at radius 3 is 2.44 bits per heavy atom. The van der Waals surface area contributed by atoms with Gasteiger partial charge in [-0.1, -0.05) is 30.3 Å². The lowest BCUT2D eigenvalue weighted by Crippen LogP contribution is -2.48. The maximum atomic E-state index is 13.7. The van der Waals surface area contributed by atoms with Gasteiger partial charge < -0.3 is 10.6 Å². The first-order valence-corrected chi connectivity index (χ1v) is 8.20. The second-order valence-electron chi connectivity index (χ2n) is 6.17. The molecule has 1 amide bonds. The van der Waals surface area contributed by atoms with Crippen molar-refractivity contribution in [2.75, 3.05) is 31.9 Å². The summed E-state index contributed by atoms with van der Waals surface area (Å²) >= 11 is 0. The number of carbonyl (C=O) groups excluding carboxylic acids is 1. The van der Waals surface area contributed by atoms with Crippen molar-refractivity contribution in [1.82, 2.24) is 9.80 Å². The number of carbonyl (C=O) groups is 1. The molecule has 1 heterocycles. The predicted molar refractivity (Wildman–Crippen MR) is 100 cm³/mol. The monoisotopic (exact) mass is 363 g/mol. The van der Waals surface area contributed by atoms with E-state index in [2.05, 4.69) is 11.0 Å². The van der Waals surface area contributed by atoms with E-state index in [1.165, 1.54) is 11.6 Å². The summed E-state index contributed by atoms with van der Waals surface area (Å²) in [5, 5.41) is 0. The maximum absolute atomic E-state index is 13.7. The van der Waals surface area contributed by atoms with Gasteiger partial charge in [0.25, 0.3) is 0 Å². The Bertz CT molecular complexity index is 717. The Kier molecular flexibility index (Phi) is 6.79. The lowest BCUT2D eigenvalue weighted by Gasteiger charge is -2.35. The molecule has 2 N–H and O–H groups in total. The molecule has 134 valence electrons. The number of hydrogen-bond acceptors (Lipinski definition) is 3. The van der Waals surface area contributed by atoms with Crippen LogP contribution in [-0.2, 0) is 17.8 Å². The van der Waals surface area contributed by atoms with E-state index in [1.807, 2.05) is 23.1 Å². The van der Waals surface area contributed by atoms with E-state index in [1.54, 1.807) is 18.2 Å². The van der Waals surface area contributed by atoms with Crippen LogP contribution in [0.4, 0.5) is 10.1 Å². The molecule has 1 aliphatic heterocycles. The Labute approximate surface area is 153 Å². The summed E-state index contributed by atoms with van der Waals surface area (Å²) in [6, 6.07) is 14.3. The van der Waals surface area contributed by atoms with Gasteiger partial charge in [0.1, 0.15) is 5.82 Å². The number of amides is 1. The SMILES string of the molecule is Cl.Nc1cccc(CN2CCN(C(=O)Cc3ccccc3F)CC2)c1. The Balaban J connectivity index is 0.00000225. The van der Waals surface area contributed by atoms with Crippen LogP contribution in [0, 0.1) is 5.82 Å². The molecule has 25 heavy (non-hydrogen) atoms. The van der Waals surface area contributed by atoms with Gasteiger partial charge in [0.15, 0.2) is 0 Å². The van der Waals surface area contributed by atoms with E-state index in [9.17, 15) is 9.18 Å². The van der Waals surface area contributed by atoms with Crippen LogP contribution in [0.15, 0.2) is 48.5 Å². The van der Waals surface area contributed by atoms with Gasteiger partial charge in [-0.3, -0.25) is 9.69 Å². The zero-order valence-electron chi connectivity index (χ0n) is 14.0. The van der Waals surface area contributed by atoms with Gasteiger partial charge in [-0.25, -0.2) is 4.39 Å². The summed E-state index contributed by atoms with van der Waals surface area (Å²) in [6.07, 6.45) is 0.127. The molecule has 4 nitrogen and oxygen atoms in total. The van der Waals surface area contributed by atoms with E-state index in [-0.39, 0.29) is 30.6 Å². The van der Waals surface area contributed by atoms with Crippen LogP contribution in [0.3, 0.4) is 0 Å². The molecule has 0 unspecified atom stereocenters. The number of halogens is 2. The fourth-order valence-corrected chi connectivity index (χ4v) is 3.02. The molecule has 0 atom stereocenters. The summed E-state index contributed by atoms with van der Waals surface area (Å²) in [5.74, 6) is -0.324. The third-order valence-corrected chi connectivity index (χ3v) is 4.38. The van der Waals surface area contributed by atoms with Crippen LogP contribution in [-0.4, -0.2) is 41.9 Å². The number of nitrogens with two attached hydrogens (primary N) is 1. The predicted octanol–water partition coefficient (Wildman–Crippen LogP) is 2.72. The number of benzene rings is 2. The number of anilines is 1. The van der Waals surface area contributed by atoms with Crippen LogP contribution < -0.4 is 5.73 Å². The molecule has 2 aromatic carbocycles. The average molecular weight is 364 g/mol. The molecule has 6 heteroatoms. The topological polar surface area (TPSA) is 49.6 Å². The zero-order chi connectivity index (χ0) is 16.9. The molecule has 1 aliphatic rings. The standard InChI is InChI=1S/C19H22FN3O.ClH/c20-18-7-2-1-5-16(18)13-19(24)23-10-8-22(9-11-23)14-15-4-3-6-17(21)12-15;/h1-7,12H,8-11,13-14,21H2;1H. The lowest BCUT2D eigenvalue weighted by atomic mass is 10.1. The lowest BCUT2D eigenvalue weighted by molar-refractivity contribution is -0.132. The Hall–Kier alpha value is -2.11. The minimum atomic E-state index is -0.314. The number of nitrogen functional groups attached to an aromatic ring is 1. The Morgan fingerprint density at radius 1 is 1.04 bits per heavy atom. The quantitative estimate of drug-likeness (QED) is 0.850. The highest BCUT2D eigenvalue weighted by Gasteiger charge is 2.21. The van der Waals surface area contributed by atoms with Gasteiger partial charge in [0.05, 0.1) is 6.42 Å². The first kappa shape index (κ1) is 19.2. The van der Waals surface area contributed by atoms with Gasteiger partial charge in [0, 0.05) is 38.4 Å². The van der Waals surface area contributed by atoms with Crippen LogP contribution in [0.5, 0.6) is 0 Å². The van der Waals surface area contributed by atoms with Crippen molar-refractivity contribution in [3.63, 3.8) is 0 Å². The highest BCUT2D eigenvalue weighted by atomic mass is 35.5. The van der Waals surface area contributed by atoms with Crippen molar-refractivity contribution < 1.29 is 9.18 Å². The fourth-order valence-electron chi connectivity index (χ4n) is 3.02. The molecule has 2 aromatic rings. The molecule has 0 saturated carbocycles. The number of piperazine rings is 1. The van der Waals surface area contributed by atoms with Crippen molar-refractivity contribution in [3.8, 4) is 0 Å². The van der Waals surface area contributed by atoms with Gasteiger partial charge in [-0.2, -0.15) is 0 Å². The molecule has 0 radical (unpaired) electrons. The smallest absolute Gasteiger partial charge is 0.227 e. The first-order valence-electron chi connectivity index (χ1n) is 8.20. The van der Waals surface area contributed by atoms with E-state index >= 15 is 0 Å². The summed E-state index contributed by atoms with van der Waals surface area (Å²) in [7, 11) is 0. The largest absolute Gasteiger partial charge is 0.399 e. The third-order valence-electron chi connectivity index (χ3n) is 4.38. The Morgan fingerprint density at radius 2 is 1.76 bits per heavy atom. The van der Waals surface area contributed by atoms with Crippen LogP contribution >= 0.6 is 12.4 Å². The third kappa shape index (κ3) is 5.18. The summed E-state index contributed by atoms with van der Waals surface area (Å²) in [5.41, 5.74) is 8.22. The molecule has 0 spiro atoms. The number of nitrogens with zero attached hydrogens (tertiary/aromatic N) is 2. The maximum Gasteiger partial charge on any atom is 0.227 e.